The molecule has 1 saturated heterocycles. The average Bonchev–Trinajstić information content (AvgIpc) is 2.60. The molecule has 128 valence electrons. The maximum Gasteiger partial charge on any atom is 0.313 e. The normalized spacial score (nSPS) is 15.8. The molecule has 0 atom stereocenters. The Kier molecular flexibility index (Phi) is 6.33. The van der Waals surface area contributed by atoms with E-state index in [1.165, 1.54) is 0 Å². The zero-order chi connectivity index (χ0) is 17.5. The number of carbonyl (C=O) groups excluding carboxylic acids is 2. The molecule has 0 radical (unpaired) electrons. The monoisotopic (exact) mass is 328 g/mol. The molecule has 24 heavy (non-hydrogen) atoms. The van der Waals surface area contributed by atoms with Crippen LogP contribution in [0.5, 0.6) is 0 Å². The lowest BCUT2D eigenvalue weighted by Gasteiger charge is -2.34. The van der Waals surface area contributed by atoms with Crippen LogP contribution in [-0.4, -0.2) is 42.4 Å². The number of anilines is 1. The Labute approximate surface area is 142 Å². The molecule has 0 unspecified atom stereocenters. The molecule has 1 aromatic carbocycles. The highest BCUT2D eigenvalue weighted by Crippen LogP contribution is 2.18. The van der Waals surface area contributed by atoms with E-state index in [1.807, 2.05) is 6.07 Å². The summed E-state index contributed by atoms with van der Waals surface area (Å²) in [7, 11) is 0. The van der Waals surface area contributed by atoms with E-state index in [4.69, 9.17) is 5.26 Å². The summed E-state index contributed by atoms with van der Waals surface area (Å²) in [4.78, 5) is 26.3. The quantitative estimate of drug-likeness (QED) is 0.824. The molecular formula is C18H24N4O2. The van der Waals surface area contributed by atoms with E-state index in [1.54, 1.807) is 24.3 Å². The highest BCUT2D eigenvalue weighted by Gasteiger charge is 2.22. The summed E-state index contributed by atoms with van der Waals surface area (Å²) in [6.45, 7) is 6.94. The Morgan fingerprint density at radius 2 is 1.92 bits per heavy atom. The van der Waals surface area contributed by atoms with E-state index >= 15 is 0 Å². The molecule has 6 heteroatoms. The summed E-state index contributed by atoms with van der Waals surface area (Å²) in [5.41, 5.74) is 0.685. The number of nitrogens with one attached hydrogen (secondary N) is 2. The van der Waals surface area contributed by atoms with E-state index in [9.17, 15) is 9.59 Å². The summed E-state index contributed by atoms with van der Waals surface area (Å²) in [6.07, 6.45) is 2.05. The van der Waals surface area contributed by atoms with Gasteiger partial charge in [-0.05, 0) is 57.8 Å². The van der Waals surface area contributed by atoms with Gasteiger partial charge in [0, 0.05) is 12.6 Å². The van der Waals surface area contributed by atoms with Gasteiger partial charge in [0.1, 0.15) is 6.07 Å². The van der Waals surface area contributed by atoms with Crippen molar-refractivity contribution in [3.63, 3.8) is 0 Å². The topological polar surface area (TPSA) is 85.2 Å². The molecule has 0 bridgehead atoms. The van der Waals surface area contributed by atoms with Gasteiger partial charge in [0.05, 0.1) is 11.3 Å². The smallest absolute Gasteiger partial charge is 0.313 e. The van der Waals surface area contributed by atoms with Crippen molar-refractivity contribution >= 4 is 17.5 Å². The Bertz CT molecular complexity index is 628. The second-order valence-corrected chi connectivity index (χ2v) is 6.39. The fourth-order valence-electron chi connectivity index (χ4n) is 2.86. The van der Waals surface area contributed by atoms with Crippen LogP contribution in [0.1, 0.15) is 32.3 Å². The van der Waals surface area contributed by atoms with Crippen LogP contribution in [0, 0.1) is 17.2 Å². The van der Waals surface area contributed by atoms with Crippen LogP contribution >= 0.6 is 0 Å². The predicted molar refractivity (Wildman–Crippen MR) is 92.2 cm³/mol. The predicted octanol–water partition coefficient (Wildman–Crippen LogP) is 1.73. The Balaban J connectivity index is 1.79. The minimum absolute atomic E-state index is 0.333. The van der Waals surface area contributed by atoms with Gasteiger partial charge in [0.25, 0.3) is 0 Å². The maximum absolute atomic E-state index is 12.0. The molecule has 1 aliphatic heterocycles. The Hall–Kier alpha value is -2.39. The average molecular weight is 328 g/mol. The van der Waals surface area contributed by atoms with Crippen LogP contribution in [-0.2, 0) is 9.59 Å². The number of carbonyl (C=O) groups is 2. The molecule has 1 aromatic rings. The molecule has 0 spiro atoms. The van der Waals surface area contributed by atoms with E-state index in [0.29, 0.717) is 29.8 Å². The first kappa shape index (κ1) is 18.0. The van der Waals surface area contributed by atoms with Crippen molar-refractivity contribution in [2.24, 2.45) is 5.92 Å². The number of hydrogen-bond acceptors (Lipinski definition) is 4. The zero-order valence-electron chi connectivity index (χ0n) is 14.2. The lowest BCUT2D eigenvalue weighted by Crippen LogP contribution is -2.43. The summed E-state index contributed by atoms with van der Waals surface area (Å²) in [5.74, 6) is -0.991. The van der Waals surface area contributed by atoms with Gasteiger partial charge in [-0.1, -0.05) is 12.1 Å². The van der Waals surface area contributed by atoms with Crippen molar-refractivity contribution in [1.29, 1.82) is 5.26 Å². The molecule has 0 aromatic heterocycles. The first-order chi connectivity index (χ1) is 11.5. The number of likely N-dealkylation sites (tertiary alicyclic amines) is 1. The number of hydrogen-bond donors (Lipinski definition) is 2. The second kappa shape index (κ2) is 8.46. The van der Waals surface area contributed by atoms with Crippen molar-refractivity contribution in [2.75, 3.05) is 25.0 Å². The van der Waals surface area contributed by atoms with E-state index in [0.717, 1.165) is 25.9 Å². The third-order valence-corrected chi connectivity index (χ3v) is 4.43. The Morgan fingerprint density at radius 1 is 1.25 bits per heavy atom. The number of nitrogens with zero attached hydrogens (tertiary/aromatic N) is 2. The minimum atomic E-state index is -0.739. The van der Waals surface area contributed by atoms with Gasteiger partial charge in [-0.2, -0.15) is 5.26 Å². The van der Waals surface area contributed by atoms with Gasteiger partial charge in [-0.25, -0.2) is 0 Å². The number of para-hydroxylation sites is 1. The van der Waals surface area contributed by atoms with Crippen molar-refractivity contribution in [3.05, 3.63) is 29.8 Å². The molecule has 1 heterocycles. The van der Waals surface area contributed by atoms with Gasteiger partial charge in [-0.3, -0.25) is 9.59 Å². The largest absolute Gasteiger partial charge is 0.348 e. The molecule has 6 nitrogen and oxygen atoms in total. The zero-order valence-corrected chi connectivity index (χ0v) is 14.2. The SMILES string of the molecule is CC(C)N1CCC(CNC(=O)C(=O)Nc2ccccc2C#N)CC1. The fraction of sp³-hybridized carbons (Fsp3) is 0.500. The summed E-state index contributed by atoms with van der Waals surface area (Å²) in [6, 6.07) is 9.14. The van der Waals surface area contributed by atoms with Gasteiger partial charge in [0.2, 0.25) is 0 Å². The van der Waals surface area contributed by atoms with Crippen molar-refractivity contribution in [2.45, 2.75) is 32.7 Å². The fourth-order valence-corrected chi connectivity index (χ4v) is 2.86. The molecule has 1 aliphatic rings. The summed E-state index contributed by atoms with van der Waals surface area (Å²) < 4.78 is 0. The van der Waals surface area contributed by atoms with E-state index in [-0.39, 0.29) is 0 Å². The Morgan fingerprint density at radius 3 is 2.54 bits per heavy atom. The number of amides is 2. The van der Waals surface area contributed by atoms with Crippen LogP contribution in [0.2, 0.25) is 0 Å². The van der Waals surface area contributed by atoms with Crippen LogP contribution in [0.15, 0.2) is 24.3 Å². The number of rotatable bonds is 4. The second-order valence-electron chi connectivity index (χ2n) is 6.39. The standard InChI is InChI=1S/C18H24N4O2/c1-13(2)22-9-7-14(8-10-22)12-20-17(23)18(24)21-16-6-4-3-5-15(16)11-19/h3-6,13-14H,7-10,12H2,1-2H3,(H,20,23)(H,21,24). The molecule has 0 saturated carbocycles. The molecule has 1 fully saturated rings. The summed E-state index contributed by atoms with van der Waals surface area (Å²) >= 11 is 0. The van der Waals surface area contributed by atoms with Crippen molar-refractivity contribution in [1.82, 2.24) is 10.2 Å². The number of nitriles is 1. The molecule has 2 amide bonds. The third kappa shape index (κ3) is 4.80. The number of piperidine rings is 1. The minimum Gasteiger partial charge on any atom is -0.348 e. The number of benzene rings is 1. The van der Waals surface area contributed by atoms with E-state index < -0.39 is 11.8 Å². The molecule has 2 rings (SSSR count). The highest BCUT2D eigenvalue weighted by molar-refractivity contribution is 6.39. The third-order valence-electron chi connectivity index (χ3n) is 4.43. The van der Waals surface area contributed by atoms with Crippen molar-refractivity contribution < 1.29 is 9.59 Å². The molecule has 2 N–H and O–H groups in total. The lowest BCUT2D eigenvalue weighted by molar-refractivity contribution is -0.136. The van der Waals surface area contributed by atoms with Crippen molar-refractivity contribution in [3.8, 4) is 6.07 Å². The van der Waals surface area contributed by atoms with Gasteiger partial charge < -0.3 is 15.5 Å². The van der Waals surface area contributed by atoms with Crippen LogP contribution in [0.3, 0.4) is 0 Å². The van der Waals surface area contributed by atoms with Crippen LogP contribution < -0.4 is 10.6 Å². The molecular weight excluding hydrogens is 304 g/mol. The van der Waals surface area contributed by atoms with Crippen LogP contribution in [0.4, 0.5) is 5.69 Å². The lowest BCUT2D eigenvalue weighted by atomic mass is 9.96. The van der Waals surface area contributed by atoms with Crippen LogP contribution in [0.25, 0.3) is 0 Å². The van der Waals surface area contributed by atoms with Gasteiger partial charge in [-0.15, -0.1) is 0 Å². The summed E-state index contributed by atoms with van der Waals surface area (Å²) in [5, 5.41) is 14.2. The van der Waals surface area contributed by atoms with Gasteiger partial charge in [0.15, 0.2) is 0 Å². The molecule has 0 aliphatic carbocycles. The highest BCUT2D eigenvalue weighted by atomic mass is 16.2. The first-order valence-electron chi connectivity index (χ1n) is 8.33. The van der Waals surface area contributed by atoms with Gasteiger partial charge >= 0.3 is 11.8 Å². The maximum atomic E-state index is 12.0. The van der Waals surface area contributed by atoms with E-state index in [2.05, 4.69) is 29.4 Å². The first-order valence-corrected chi connectivity index (χ1v) is 8.33.